The van der Waals surface area contributed by atoms with Crippen LogP contribution in [0.1, 0.15) is 5.82 Å². The van der Waals surface area contributed by atoms with Crippen molar-refractivity contribution in [2.24, 2.45) is 7.05 Å². The molecule has 2 heterocycles. The highest BCUT2D eigenvalue weighted by atomic mass is 15.3. The molecule has 0 unspecified atom stereocenters. The maximum atomic E-state index is 4.27. The lowest BCUT2D eigenvalue weighted by Gasteiger charge is -1.90. The van der Waals surface area contributed by atoms with Gasteiger partial charge in [-0.2, -0.15) is 0 Å². The lowest BCUT2D eigenvalue weighted by Crippen LogP contribution is -1.92. The maximum Gasteiger partial charge on any atom is 0.199 e. The van der Waals surface area contributed by atoms with E-state index in [4.69, 9.17) is 0 Å². The zero-order valence-electron chi connectivity index (χ0n) is 7.60. The third-order valence-corrected chi connectivity index (χ3v) is 1.87. The van der Waals surface area contributed by atoms with E-state index >= 15 is 0 Å². The molecule has 0 bridgehead atoms. The Kier molecular flexibility index (Phi) is 1.81. The smallest absolute Gasteiger partial charge is 0.199 e. The summed E-state index contributed by atoms with van der Waals surface area (Å²) in [5.41, 5.74) is 0.811. The molecule has 0 fully saturated rings. The van der Waals surface area contributed by atoms with Crippen molar-refractivity contribution >= 4 is 0 Å². The van der Waals surface area contributed by atoms with Crippen molar-refractivity contribution < 1.29 is 0 Å². The minimum absolute atomic E-state index is 0.681. The van der Waals surface area contributed by atoms with E-state index in [0.29, 0.717) is 5.82 Å². The van der Waals surface area contributed by atoms with Crippen LogP contribution in [0.5, 0.6) is 0 Å². The fraction of sp³-hybridized carbons (Fsp3) is 0.222. The van der Waals surface area contributed by atoms with E-state index in [9.17, 15) is 0 Å². The molecule has 0 saturated heterocycles. The van der Waals surface area contributed by atoms with E-state index in [1.54, 1.807) is 10.9 Å². The van der Waals surface area contributed by atoms with Gasteiger partial charge < -0.3 is 0 Å². The third-order valence-electron chi connectivity index (χ3n) is 1.87. The first-order valence-corrected chi connectivity index (χ1v) is 4.06. The Morgan fingerprint density at radius 3 is 2.69 bits per heavy atom. The summed E-state index contributed by atoms with van der Waals surface area (Å²) in [6.45, 7) is 1.92. The van der Waals surface area contributed by atoms with Crippen LogP contribution in [0.25, 0.3) is 11.5 Å². The number of aryl methyl sites for hydroxylation is 2. The van der Waals surface area contributed by atoms with Gasteiger partial charge in [0.2, 0.25) is 0 Å². The minimum Gasteiger partial charge on any atom is -0.253 e. The second-order valence-electron chi connectivity index (χ2n) is 2.82. The fourth-order valence-corrected chi connectivity index (χ4v) is 1.07. The highest BCUT2D eigenvalue weighted by molar-refractivity contribution is 5.47. The summed E-state index contributed by atoms with van der Waals surface area (Å²) in [5.74, 6) is 1.57. The van der Waals surface area contributed by atoms with Gasteiger partial charge in [-0.1, -0.05) is 6.07 Å². The second-order valence-corrected chi connectivity index (χ2v) is 2.82. The summed E-state index contributed by atoms with van der Waals surface area (Å²) in [6.07, 6.45) is 1.74. The summed E-state index contributed by atoms with van der Waals surface area (Å²) >= 11 is 0. The summed E-state index contributed by atoms with van der Waals surface area (Å²) in [5, 5.41) is 4.22. The molecule has 0 amide bonds. The minimum atomic E-state index is 0.681. The van der Waals surface area contributed by atoms with Crippen LogP contribution >= 0.6 is 0 Å². The fourth-order valence-electron chi connectivity index (χ4n) is 1.07. The van der Waals surface area contributed by atoms with E-state index in [-0.39, 0.29) is 0 Å². The molecule has 0 aliphatic rings. The normalized spacial score (nSPS) is 10.3. The number of rotatable bonds is 1. The number of hydrogen-bond donors (Lipinski definition) is 0. The Hall–Kier alpha value is -1.71. The molecule has 66 valence electrons. The topological polar surface area (TPSA) is 43.6 Å². The van der Waals surface area contributed by atoms with Crippen molar-refractivity contribution in [2.45, 2.75) is 6.92 Å². The first kappa shape index (κ1) is 7.91. The van der Waals surface area contributed by atoms with Crippen LogP contribution in [-0.2, 0) is 7.05 Å². The third kappa shape index (κ3) is 1.42. The van der Waals surface area contributed by atoms with Crippen molar-refractivity contribution in [3.63, 3.8) is 0 Å². The van der Waals surface area contributed by atoms with Crippen molar-refractivity contribution in [2.75, 3.05) is 0 Å². The Balaban J connectivity index is 2.48. The number of pyridine rings is 1. The van der Waals surface area contributed by atoms with Gasteiger partial charge in [0.1, 0.15) is 11.5 Å². The molecule has 0 atom stereocenters. The van der Waals surface area contributed by atoms with Gasteiger partial charge in [-0.3, -0.25) is 9.67 Å². The Bertz CT molecular complexity index is 385. The summed E-state index contributed by atoms with van der Waals surface area (Å²) in [7, 11) is 1.87. The molecule has 0 spiro atoms. The van der Waals surface area contributed by atoms with Gasteiger partial charge in [0.05, 0.1) is 0 Å². The van der Waals surface area contributed by atoms with Crippen LogP contribution in [0.2, 0.25) is 0 Å². The lowest BCUT2D eigenvalue weighted by molar-refractivity contribution is 0.736. The van der Waals surface area contributed by atoms with E-state index in [1.165, 1.54) is 0 Å². The largest absolute Gasteiger partial charge is 0.253 e. The van der Waals surface area contributed by atoms with E-state index in [1.807, 2.05) is 32.2 Å². The van der Waals surface area contributed by atoms with Crippen LogP contribution in [0.4, 0.5) is 0 Å². The predicted molar refractivity (Wildman–Crippen MR) is 49.0 cm³/mol. The lowest BCUT2D eigenvalue weighted by atomic mass is 10.3. The zero-order valence-corrected chi connectivity index (χ0v) is 7.60. The van der Waals surface area contributed by atoms with E-state index < -0.39 is 0 Å². The Morgan fingerprint density at radius 1 is 1.31 bits per heavy atom. The highest BCUT2D eigenvalue weighted by Crippen LogP contribution is 2.10. The SMILES string of the molecule is Cc1nc(-c2ccccn2)nn1C. The molecular weight excluding hydrogens is 164 g/mol. The molecule has 2 rings (SSSR count). The molecule has 0 N–H and O–H groups in total. The quantitative estimate of drug-likeness (QED) is 0.652. The summed E-state index contributed by atoms with van der Waals surface area (Å²) < 4.78 is 1.74. The first-order chi connectivity index (χ1) is 6.27. The Labute approximate surface area is 76.3 Å². The van der Waals surface area contributed by atoms with E-state index in [2.05, 4.69) is 15.1 Å². The van der Waals surface area contributed by atoms with Crippen LogP contribution in [0, 0.1) is 6.92 Å². The molecule has 0 aliphatic heterocycles. The molecule has 0 saturated carbocycles. The average molecular weight is 174 g/mol. The highest BCUT2D eigenvalue weighted by Gasteiger charge is 2.05. The zero-order chi connectivity index (χ0) is 9.26. The monoisotopic (exact) mass is 174 g/mol. The first-order valence-electron chi connectivity index (χ1n) is 4.06. The molecule has 0 radical (unpaired) electrons. The van der Waals surface area contributed by atoms with Gasteiger partial charge in [0.15, 0.2) is 5.82 Å². The molecule has 0 aliphatic carbocycles. The van der Waals surface area contributed by atoms with Gasteiger partial charge in [-0.15, -0.1) is 5.10 Å². The summed E-state index contributed by atoms with van der Waals surface area (Å²) in [4.78, 5) is 8.43. The van der Waals surface area contributed by atoms with Gasteiger partial charge in [0, 0.05) is 13.2 Å². The van der Waals surface area contributed by atoms with Crippen LogP contribution in [0.3, 0.4) is 0 Å². The molecule has 2 aromatic heterocycles. The molecule has 4 heteroatoms. The van der Waals surface area contributed by atoms with Crippen molar-refractivity contribution in [1.82, 2.24) is 19.7 Å². The van der Waals surface area contributed by atoms with E-state index in [0.717, 1.165) is 11.5 Å². The molecule has 2 aromatic rings. The number of nitrogens with zero attached hydrogens (tertiary/aromatic N) is 4. The molecule has 13 heavy (non-hydrogen) atoms. The number of hydrogen-bond acceptors (Lipinski definition) is 3. The van der Waals surface area contributed by atoms with Crippen LogP contribution < -0.4 is 0 Å². The van der Waals surface area contributed by atoms with Crippen molar-refractivity contribution in [3.8, 4) is 11.5 Å². The Morgan fingerprint density at radius 2 is 2.15 bits per heavy atom. The van der Waals surface area contributed by atoms with Crippen LogP contribution in [-0.4, -0.2) is 19.7 Å². The van der Waals surface area contributed by atoms with Gasteiger partial charge in [-0.05, 0) is 19.1 Å². The second kappa shape index (κ2) is 2.97. The average Bonchev–Trinajstić information content (AvgIpc) is 2.49. The number of aromatic nitrogens is 4. The van der Waals surface area contributed by atoms with Gasteiger partial charge in [0.25, 0.3) is 0 Å². The molecular formula is C9H10N4. The van der Waals surface area contributed by atoms with Gasteiger partial charge in [-0.25, -0.2) is 4.98 Å². The molecule has 4 nitrogen and oxygen atoms in total. The molecule has 0 aromatic carbocycles. The van der Waals surface area contributed by atoms with Crippen LogP contribution in [0.15, 0.2) is 24.4 Å². The standard InChI is InChI=1S/C9H10N4/c1-7-11-9(12-13(7)2)8-5-3-4-6-10-8/h3-6H,1-2H3. The summed E-state index contributed by atoms with van der Waals surface area (Å²) in [6, 6.07) is 5.70. The maximum absolute atomic E-state index is 4.27. The van der Waals surface area contributed by atoms with Crippen molar-refractivity contribution in [1.29, 1.82) is 0 Å². The predicted octanol–water partition coefficient (Wildman–Crippen LogP) is 1.19. The van der Waals surface area contributed by atoms with Gasteiger partial charge >= 0.3 is 0 Å². The van der Waals surface area contributed by atoms with Crippen molar-refractivity contribution in [3.05, 3.63) is 30.2 Å².